The molecule has 1 heterocycles. The van der Waals surface area contributed by atoms with Crippen LogP contribution in [0.2, 0.25) is 0 Å². The van der Waals surface area contributed by atoms with Gasteiger partial charge in [-0.25, -0.2) is 9.97 Å². The summed E-state index contributed by atoms with van der Waals surface area (Å²) in [4.78, 5) is 18.7. The van der Waals surface area contributed by atoms with E-state index >= 15 is 0 Å². The monoisotopic (exact) mass is 339 g/mol. The summed E-state index contributed by atoms with van der Waals surface area (Å²) in [6.45, 7) is 0. The lowest BCUT2D eigenvalue weighted by Gasteiger charge is -2.22. The highest BCUT2D eigenvalue weighted by atomic mass is 32.2. The fourth-order valence-electron chi connectivity index (χ4n) is 2.59. The molecular weight excluding hydrogens is 327 g/mol. The number of halogens is 3. The Bertz CT molecular complexity index is 777. The number of carbonyl (C=O) groups excluding carboxylic acids is 1. The molecule has 2 N–H and O–H groups in total. The first-order chi connectivity index (χ1) is 10.9. The molecule has 0 radical (unpaired) electrons. The van der Waals surface area contributed by atoms with Crippen molar-refractivity contribution in [1.82, 2.24) is 9.97 Å². The second-order valence-corrected chi connectivity index (χ2v) is 6.03. The SMILES string of the molecule is NC(=O)CSc1nc2c(c(C(F)(F)F)n1)CCc1ccccc1-2. The van der Waals surface area contributed by atoms with Crippen LogP contribution in [0.4, 0.5) is 13.2 Å². The molecule has 0 fully saturated rings. The summed E-state index contributed by atoms with van der Waals surface area (Å²) < 4.78 is 40.0. The van der Waals surface area contributed by atoms with Gasteiger partial charge in [0.15, 0.2) is 10.9 Å². The largest absolute Gasteiger partial charge is 0.433 e. The molecule has 0 bridgehead atoms. The van der Waals surface area contributed by atoms with Gasteiger partial charge in [0.25, 0.3) is 0 Å². The molecule has 0 spiro atoms. The number of hydrogen-bond donors (Lipinski definition) is 1. The van der Waals surface area contributed by atoms with Crippen molar-refractivity contribution in [2.75, 3.05) is 5.75 Å². The molecule has 4 nitrogen and oxygen atoms in total. The van der Waals surface area contributed by atoms with Crippen molar-refractivity contribution in [3.05, 3.63) is 41.1 Å². The second kappa shape index (κ2) is 5.84. The molecule has 1 aromatic heterocycles. The minimum Gasteiger partial charge on any atom is -0.369 e. The number of aryl methyl sites for hydroxylation is 1. The summed E-state index contributed by atoms with van der Waals surface area (Å²) in [7, 11) is 0. The van der Waals surface area contributed by atoms with Crippen LogP contribution < -0.4 is 5.73 Å². The fourth-order valence-corrected chi connectivity index (χ4v) is 3.17. The summed E-state index contributed by atoms with van der Waals surface area (Å²) >= 11 is 0.810. The van der Waals surface area contributed by atoms with Crippen molar-refractivity contribution in [2.24, 2.45) is 5.73 Å². The van der Waals surface area contributed by atoms with Gasteiger partial charge in [-0.05, 0) is 18.4 Å². The van der Waals surface area contributed by atoms with E-state index in [-0.39, 0.29) is 22.9 Å². The van der Waals surface area contributed by atoms with Crippen molar-refractivity contribution < 1.29 is 18.0 Å². The fraction of sp³-hybridized carbons (Fsp3) is 0.267. The number of hydrogen-bond acceptors (Lipinski definition) is 4. The third-order valence-corrected chi connectivity index (χ3v) is 4.39. The van der Waals surface area contributed by atoms with Crippen LogP contribution in [0, 0.1) is 0 Å². The quantitative estimate of drug-likeness (QED) is 0.690. The molecule has 1 aliphatic carbocycles. The zero-order valence-electron chi connectivity index (χ0n) is 11.9. The minimum atomic E-state index is -4.57. The maximum absolute atomic E-state index is 13.3. The van der Waals surface area contributed by atoms with Crippen molar-refractivity contribution in [2.45, 2.75) is 24.2 Å². The Kier molecular flexibility index (Phi) is 4.01. The van der Waals surface area contributed by atoms with E-state index in [0.29, 0.717) is 17.7 Å². The van der Waals surface area contributed by atoms with Gasteiger partial charge in [-0.2, -0.15) is 13.2 Å². The second-order valence-electron chi connectivity index (χ2n) is 5.09. The number of fused-ring (bicyclic) bond motifs is 3. The molecule has 0 aliphatic heterocycles. The highest BCUT2D eigenvalue weighted by Gasteiger charge is 2.38. The average molecular weight is 339 g/mol. The van der Waals surface area contributed by atoms with Crippen LogP contribution in [-0.2, 0) is 23.8 Å². The van der Waals surface area contributed by atoms with E-state index in [2.05, 4.69) is 9.97 Å². The molecule has 1 aromatic carbocycles. The first-order valence-corrected chi connectivity index (χ1v) is 7.82. The minimum absolute atomic E-state index is 0.0911. The molecule has 120 valence electrons. The lowest BCUT2D eigenvalue weighted by Crippen LogP contribution is -2.19. The Labute approximate surface area is 134 Å². The average Bonchev–Trinajstić information content (AvgIpc) is 2.51. The summed E-state index contributed by atoms with van der Waals surface area (Å²) in [6, 6.07) is 7.24. The first kappa shape index (κ1) is 15.8. The number of nitrogens with zero attached hydrogens (tertiary/aromatic N) is 2. The Morgan fingerprint density at radius 3 is 2.65 bits per heavy atom. The summed E-state index contributed by atoms with van der Waals surface area (Å²) in [5.74, 6) is -0.803. The van der Waals surface area contributed by atoms with Gasteiger partial charge < -0.3 is 5.73 Å². The number of primary amides is 1. The molecule has 8 heteroatoms. The van der Waals surface area contributed by atoms with Crippen LogP contribution in [0.5, 0.6) is 0 Å². The smallest absolute Gasteiger partial charge is 0.369 e. The van der Waals surface area contributed by atoms with Gasteiger partial charge in [0, 0.05) is 11.1 Å². The maximum atomic E-state index is 13.3. The van der Waals surface area contributed by atoms with Gasteiger partial charge in [0.1, 0.15) is 0 Å². The van der Waals surface area contributed by atoms with Gasteiger partial charge >= 0.3 is 6.18 Å². The third kappa shape index (κ3) is 3.17. The third-order valence-electron chi connectivity index (χ3n) is 3.52. The summed E-state index contributed by atoms with van der Waals surface area (Å²) in [5, 5.41) is -0.0911. The molecule has 1 amide bonds. The van der Waals surface area contributed by atoms with Crippen molar-refractivity contribution in [1.29, 1.82) is 0 Å². The molecular formula is C15H12F3N3OS. The molecule has 0 saturated heterocycles. The van der Waals surface area contributed by atoms with Gasteiger partial charge in [0.2, 0.25) is 5.91 Å². The highest BCUT2D eigenvalue weighted by molar-refractivity contribution is 7.99. The molecule has 0 unspecified atom stereocenters. The molecule has 2 aromatic rings. The predicted octanol–water partition coefficient (Wildman–Crippen LogP) is 2.84. The van der Waals surface area contributed by atoms with Crippen LogP contribution in [0.1, 0.15) is 16.8 Å². The van der Waals surface area contributed by atoms with Gasteiger partial charge in [-0.1, -0.05) is 36.0 Å². The van der Waals surface area contributed by atoms with Crippen LogP contribution >= 0.6 is 11.8 Å². The van der Waals surface area contributed by atoms with Crippen LogP contribution in [0.3, 0.4) is 0 Å². The van der Waals surface area contributed by atoms with Crippen molar-refractivity contribution >= 4 is 17.7 Å². The van der Waals surface area contributed by atoms with Crippen LogP contribution in [-0.4, -0.2) is 21.6 Å². The highest BCUT2D eigenvalue weighted by Crippen LogP contribution is 2.40. The molecule has 23 heavy (non-hydrogen) atoms. The van der Waals surface area contributed by atoms with Crippen LogP contribution in [0.15, 0.2) is 29.4 Å². The Morgan fingerprint density at radius 2 is 1.96 bits per heavy atom. The van der Waals surface area contributed by atoms with E-state index in [1.54, 1.807) is 12.1 Å². The number of thioether (sulfide) groups is 1. The van der Waals surface area contributed by atoms with Crippen LogP contribution in [0.25, 0.3) is 11.3 Å². The standard InChI is InChI=1S/C15H12F3N3OS/c16-15(17,18)13-10-6-5-8-3-1-2-4-9(8)12(10)20-14(21-13)23-7-11(19)22/h1-4H,5-7H2,(H2,19,22). The van der Waals surface area contributed by atoms with E-state index in [1.165, 1.54) is 0 Å². The maximum Gasteiger partial charge on any atom is 0.433 e. The van der Waals surface area contributed by atoms with Crippen molar-refractivity contribution in [3.8, 4) is 11.3 Å². The normalized spacial score (nSPS) is 13.3. The van der Waals surface area contributed by atoms with E-state index in [0.717, 1.165) is 17.3 Å². The Morgan fingerprint density at radius 1 is 1.22 bits per heavy atom. The zero-order valence-corrected chi connectivity index (χ0v) is 12.7. The Hall–Kier alpha value is -2.09. The van der Waals surface area contributed by atoms with Gasteiger partial charge in [0.05, 0.1) is 11.4 Å². The van der Waals surface area contributed by atoms with E-state index in [9.17, 15) is 18.0 Å². The van der Waals surface area contributed by atoms with Gasteiger partial charge in [-0.3, -0.25) is 4.79 Å². The number of amides is 1. The number of carbonyl (C=O) groups is 1. The molecule has 0 saturated carbocycles. The predicted molar refractivity (Wildman–Crippen MR) is 79.8 cm³/mol. The number of aromatic nitrogens is 2. The van der Waals surface area contributed by atoms with Crippen molar-refractivity contribution in [3.63, 3.8) is 0 Å². The Balaban J connectivity index is 2.16. The summed E-state index contributed by atoms with van der Waals surface area (Å²) in [6.07, 6.45) is -3.81. The zero-order chi connectivity index (χ0) is 16.6. The first-order valence-electron chi connectivity index (χ1n) is 6.83. The van der Waals surface area contributed by atoms with E-state index < -0.39 is 17.8 Å². The molecule has 1 aliphatic rings. The van der Waals surface area contributed by atoms with E-state index in [1.807, 2.05) is 12.1 Å². The lowest BCUT2D eigenvalue weighted by atomic mass is 9.88. The topological polar surface area (TPSA) is 68.9 Å². The number of rotatable bonds is 3. The molecule has 0 atom stereocenters. The molecule has 3 rings (SSSR count). The summed E-state index contributed by atoms with van der Waals surface area (Å²) in [5.41, 5.74) is 6.16. The number of benzene rings is 1. The number of alkyl halides is 3. The lowest BCUT2D eigenvalue weighted by molar-refractivity contribution is -0.142. The van der Waals surface area contributed by atoms with E-state index in [4.69, 9.17) is 5.73 Å². The van der Waals surface area contributed by atoms with Gasteiger partial charge in [-0.15, -0.1) is 0 Å². The number of nitrogens with two attached hydrogens (primary N) is 1.